The molecule has 28 heavy (non-hydrogen) atoms. The number of halogens is 1. The van der Waals surface area contributed by atoms with Crippen molar-refractivity contribution in [2.45, 2.75) is 26.3 Å². The van der Waals surface area contributed by atoms with Gasteiger partial charge in [0, 0.05) is 26.7 Å². The third-order valence-corrected chi connectivity index (χ3v) is 4.40. The first kappa shape index (κ1) is 24.5. The molecule has 1 aromatic carbocycles. The number of carbonyl (C=O) groups is 1. The SMILES string of the molecule is CCNC(=NCc1ccc(C(=O)OC)c(OC)c1)N(C)CCOCC1CC1.I. The van der Waals surface area contributed by atoms with E-state index in [1.165, 1.54) is 27.1 Å². The quantitative estimate of drug-likeness (QED) is 0.173. The minimum Gasteiger partial charge on any atom is -0.496 e. The molecule has 2 rings (SSSR count). The van der Waals surface area contributed by atoms with Gasteiger partial charge in [-0.1, -0.05) is 6.07 Å². The van der Waals surface area contributed by atoms with Gasteiger partial charge in [-0.05, 0) is 43.4 Å². The van der Waals surface area contributed by atoms with E-state index >= 15 is 0 Å². The first-order chi connectivity index (χ1) is 13.1. The molecule has 0 aromatic heterocycles. The highest BCUT2D eigenvalue weighted by Gasteiger charge is 2.21. The molecule has 0 spiro atoms. The third-order valence-electron chi connectivity index (χ3n) is 4.40. The Labute approximate surface area is 184 Å². The number of guanidine groups is 1. The van der Waals surface area contributed by atoms with Gasteiger partial charge in [-0.3, -0.25) is 0 Å². The molecule has 7 nitrogen and oxygen atoms in total. The normalized spacial score (nSPS) is 13.5. The summed E-state index contributed by atoms with van der Waals surface area (Å²) >= 11 is 0. The number of rotatable bonds is 10. The average molecular weight is 505 g/mol. The molecular formula is C20H32IN3O4. The fourth-order valence-electron chi connectivity index (χ4n) is 2.59. The largest absolute Gasteiger partial charge is 0.496 e. The molecule has 0 bridgehead atoms. The Kier molecular flexibility index (Phi) is 11.2. The molecule has 0 amide bonds. The zero-order chi connectivity index (χ0) is 19.6. The summed E-state index contributed by atoms with van der Waals surface area (Å²) in [7, 11) is 4.89. The second-order valence-corrected chi connectivity index (χ2v) is 6.64. The van der Waals surface area contributed by atoms with Crippen molar-refractivity contribution in [2.24, 2.45) is 10.9 Å². The smallest absolute Gasteiger partial charge is 0.341 e. The van der Waals surface area contributed by atoms with Crippen molar-refractivity contribution in [3.8, 4) is 5.75 Å². The summed E-state index contributed by atoms with van der Waals surface area (Å²) < 4.78 is 15.8. The predicted octanol–water partition coefficient (Wildman–Crippen LogP) is 2.92. The van der Waals surface area contributed by atoms with E-state index in [0.717, 1.165) is 37.1 Å². The standard InChI is InChI=1S/C20H31N3O4.HI/c1-5-21-20(23(2)10-11-27-14-15-6-7-15)22-13-16-8-9-17(19(24)26-4)18(12-16)25-3;/h8-9,12,15H,5-7,10-11,13-14H2,1-4H3,(H,21,22);1H. The maximum absolute atomic E-state index is 11.8. The monoisotopic (exact) mass is 505 g/mol. The lowest BCUT2D eigenvalue weighted by Crippen LogP contribution is -2.40. The first-order valence-electron chi connectivity index (χ1n) is 9.41. The number of nitrogens with zero attached hydrogens (tertiary/aromatic N) is 2. The van der Waals surface area contributed by atoms with Crippen LogP contribution in [0, 0.1) is 5.92 Å². The topological polar surface area (TPSA) is 72.4 Å². The minimum absolute atomic E-state index is 0. The molecule has 0 aliphatic heterocycles. The Hall–Kier alpha value is -1.55. The number of likely N-dealkylation sites (N-methyl/N-ethyl adjacent to an activating group) is 1. The second-order valence-electron chi connectivity index (χ2n) is 6.64. The van der Waals surface area contributed by atoms with Gasteiger partial charge in [0.2, 0.25) is 0 Å². The highest BCUT2D eigenvalue weighted by atomic mass is 127. The first-order valence-corrected chi connectivity index (χ1v) is 9.41. The Balaban J connectivity index is 0.00000392. The zero-order valence-corrected chi connectivity index (χ0v) is 19.5. The van der Waals surface area contributed by atoms with E-state index in [1.807, 2.05) is 26.1 Å². The number of hydrogen-bond donors (Lipinski definition) is 1. The molecule has 158 valence electrons. The molecule has 0 radical (unpaired) electrons. The van der Waals surface area contributed by atoms with Crippen LogP contribution in [-0.4, -0.2) is 64.4 Å². The van der Waals surface area contributed by atoms with Gasteiger partial charge >= 0.3 is 5.97 Å². The van der Waals surface area contributed by atoms with Crippen LogP contribution in [-0.2, 0) is 16.0 Å². The van der Waals surface area contributed by atoms with Crippen molar-refractivity contribution >= 4 is 35.9 Å². The number of esters is 1. The highest BCUT2D eigenvalue weighted by Crippen LogP contribution is 2.28. The number of nitrogens with one attached hydrogen (secondary N) is 1. The maximum atomic E-state index is 11.8. The van der Waals surface area contributed by atoms with Crippen LogP contribution in [0.25, 0.3) is 0 Å². The van der Waals surface area contributed by atoms with Crippen LogP contribution in [0.3, 0.4) is 0 Å². The van der Waals surface area contributed by atoms with Gasteiger partial charge in [-0.15, -0.1) is 24.0 Å². The molecule has 0 heterocycles. The van der Waals surface area contributed by atoms with Gasteiger partial charge in [0.15, 0.2) is 5.96 Å². The summed E-state index contributed by atoms with van der Waals surface area (Å²) in [6.07, 6.45) is 2.61. The summed E-state index contributed by atoms with van der Waals surface area (Å²) in [5.74, 6) is 1.67. The van der Waals surface area contributed by atoms with Crippen LogP contribution in [0.15, 0.2) is 23.2 Å². The average Bonchev–Trinajstić information content (AvgIpc) is 3.51. The lowest BCUT2D eigenvalue weighted by atomic mass is 10.1. The van der Waals surface area contributed by atoms with Crippen molar-refractivity contribution in [1.82, 2.24) is 10.2 Å². The van der Waals surface area contributed by atoms with Crippen LogP contribution in [0.1, 0.15) is 35.7 Å². The van der Waals surface area contributed by atoms with Crippen molar-refractivity contribution in [2.75, 3.05) is 47.6 Å². The Morgan fingerprint density at radius 3 is 2.68 bits per heavy atom. The second kappa shape index (κ2) is 12.8. The molecular weight excluding hydrogens is 473 g/mol. The lowest BCUT2D eigenvalue weighted by molar-refractivity contribution is 0.0597. The van der Waals surface area contributed by atoms with Gasteiger partial charge < -0.3 is 24.4 Å². The predicted molar refractivity (Wildman–Crippen MR) is 121 cm³/mol. The molecule has 1 fully saturated rings. The number of benzene rings is 1. The van der Waals surface area contributed by atoms with Crippen molar-refractivity contribution in [1.29, 1.82) is 0 Å². The van der Waals surface area contributed by atoms with E-state index < -0.39 is 5.97 Å². The zero-order valence-electron chi connectivity index (χ0n) is 17.2. The molecule has 1 N–H and O–H groups in total. The molecule has 0 unspecified atom stereocenters. The van der Waals surface area contributed by atoms with E-state index in [0.29, 0.717) is 24.5 Å². The summed E-state index contributed by atoms with van der Waals surface area (Å²) in [6.45, 7) is 5.65. The van der Waals surface area contributed by atoms with Gasteiger partial charge in [0.05, 0.1) is 27.4 Å². The van der Waals surface area contributed by atoms with Crippen LogP contribution >= 0.6 is 24.0 Å². The Morgan fingerprint density at radius 2 is 2.07 bits per heavy atom. The molecule has 1 saturated carbocycles. The minimum atomic E-state index is -0.416. The summed E-state index contributed by atoms with van der Waals surface area (Å²) in [5.41, 5.74) is 1.36. The van der Waals surface area contributed by atoms with E-state index in [2.05, 4.69) is 15.2 Å². The highest BCUT2D eigenvalue weighted by molar-refractivity contribution is 14.0. The lowest BCUT2D eigenvalue weighted by Gasteiger charge is -2.22. The fourth-order valence-corrected chi connectivity index (χ4v) is 2.59. The molecule has 0 saturated heterocycles. The summed E-state index contributed by atoms with van der Waals surface area (Å²) in [4.78, 5) is 18.5. The van der Waals surface area contributed by atoms with Crippen molar-refractivity contribution < 1.29 is 19.0 Å². The molecule has 8 heteroatoms. The molecule has 0 atom stereocenters. The van der Waals surface area contributed by atoms with Gasteiger partial charge in [0.1, 0.15) is 11.3 Å². The van der Waals surface area contributed by atoms with E-state index in [4.69, 9.17) is 14.2 Å². The van der Waals surface area contributed by atoms with Gasteiger partial charge in [-0.25, -0.2) is 9.79 Å². The number of aliphatic imine (C=N–C) groups is 1. The van der Waals surface area contributed by atoms with Gasteiger partial charge in [0.25, 0.3) is 0 Å². The maximum Gasteiger partial charge on any atom is 0.341 e. The van der Waals surface area contributed by atoms with Crippen LogP contribution in [0.5, 0.6) is 5.75 Å². The van der Waals surface area contributed by atoms with E-state index in [1.54, 1.807) is 6.07 Å². The third kappa shape index (κ3) is 7.83. The Bertz CT molecular complexity index is 650. The van der Waals surface area contributed by atoms with Gasteiger partial charge in [-0.2, -0.15) is 0 Å². The summed E-state index contributed by atoms with van der Waals surface area (Å²) in [5, 5.41) is 3.30. The number of carbonyl (C=O) groups excluding carboxylic acids is 1. The molecule has 1 aliphatic rings. The van der Waals surface area contributed by atoms with Crippen molar-refractivity contribution in [3.63, 3.8) is 0 Å². The van der Waals surface area contributed by atoms with E-state index in [9.17, 15) is 4.79 Å². The Morgan fingerprint density at radius 1 is 1.32 bits per heavy atom. The number of hydrogen-bond acceptors (Lipinski definition) is 5. The van der Waals surface area contributed by atoms with Crippen molar-refractivity contribution in [3.05, 3.63) is 29.3 Å². The number of ether oxygens (including phenoxy) is 3. The molecule has 1 aromatic rings. The number of methoxy groups -OCH3 is 2. The van der Waals surface area contributed by atoms with E-state index in [-0.39, 0.29) is 24.0 Å². The fraction of sp³-hybridized carbons (Fsp3) is 0.600. The van der Waals surface area contributed by atoms with Crippen LogP contribution in [0.2, 0.25) is 0 Å². The summed E-state index contributed by atoms with van der Waals surface area (Å²) in [6, 6.07) is 5.39. The van der Waals surface area contributed by atoms with Crippen LogP contribution < -0.4 is 10.1 Å². The molecule has 1 aliphatic carbocycles. The van der Waals surface area contributed by atoms with Crippen LogP contribution in [0.4, 0.5) is 0 Å².